The number of hydrogen-bond donors (Lipinski definition) is 3. The minimum Gasteiger partial charge on any atom is -0.480 e. The zero-order chi connectivity index (χ0) is 17.5. The second-order valence-electron chi connectivity index (χ2n) is 6.00. The summed E-state index contributed by atoms with van der Waals surface area (Å²) in [6, 6.07) is 8.17. The van der Waals surface area contributed by atoms with Crippen molar-refractivity contribution in [2.45, 2.75) is 38.8 Å². The van der Waals surface area contributed by atoms with Crippen molar-refractivity contribution in [3.63, 3.8) is 0 Å². The molecule has 0 fully saturated rings. The summed E-state index contributed by atoms with van der Waals surface area (Å²) in [5.41, 5.74) is 0.137. The number of aliphatic carboxylic acids is 1. The van der Waals surface area contributed by atoms with Crippen LogP contribution < -0.4 is 10.6 Å². The number of rotatable bonds is 6. The molecule has 1 rings (SSSR count). The summed E-state index contributed by atoms with van der Waals surface area (Å²) in [5.74, 6) is -1.74. The first kappa shape index (κ1) is 18.5. The van der Waals surface area contributed by atoms with E-state index in [0.29, 0.717) is 0 Å². The van der Waals surface area contributed by atoms with Gasteiger partial charge >= 0.3 is 12.1 Å². The Labute approximate surface area is 135 Å². The van der Waals surface area contributed by atoms with Gasteiger partial charge in [-0.25, -0.2) is 4.79 Å². The summed E-state index contributed by atoms with van der Waals surface area (Å²) in [6.45, 7) is 4.62. The third kappa shape index (κ3) is 7.85. The number of alkyl carbamates (subject to hydrolysis) is 1. The molecule has 126 valence electrons. The number of benzene rings is 1. The van der Waals surface area contributed by atoms with Crippen LogP contribution in [0.25, 0.3) is 0 Å². The highest BCUT2D eigenvalue weighted by Gasteiger charge is 2.24. The lowest BCUT2D eigenvalue weighted by Gasteiger charge is -2.23. The molecule has 0 saturated heterocycles. The average Bonchev–Trinajstić information content (AvgIpc) is 2.43. The van der Waals surface area contributed by atoms with Crippen LogP contribution in [0.1, 0.15) is 26.3 Å². The highest BCUT2D eigenvalue weighted by molar-refractivity contribution is 5.88. The third-order valence-corrected chi connectivity index (χ3v) is 2.70. The monoisotopic (exact) mass is 322 g/mol. The predicted octanol–water partition coefficient (Wildman–Crippen LogP) is 1.32. The summed E-state index contributed by atoms with van der Waals surface area (Å²) < 4.78 is 5.14. The molecule has 2 amide bonds. The van der Waals surface area contributed by atoms with Crippen LogP contribution in [0.5, 0.6) is 0 Å². The molecule has 23 heavy (non-hydrogen) atoms. The van der Waals surface area contributed by atoms with Gasteiger partial charge in [0.15, 0.2) is 0 Å². The minimum absolute atomic E-state index is 0.228. The van der Waals surface area contributed by atoms with Crippen molar-refractivity contribution >= 4 is 18.0 Å². The van der Waals surface area contributed by atoms with Crippen LogP contribution in [-0.2, 0) is 20.7 Å². The normalized spacial score (nSPS) is 12.1. The van der Waals surface area contributed by atoms with Gasteiger partial charge in [-0.05, 0) is 26.3 Å². The summed E-state index contributed by atoms with van der Waals surface area (Å²) in [7, 11) is 0. The molecule has 0 aliphatic rings. The topological polar surface area (TPSA) is 105 Å². The fourth-order valence-corrected chi connectivity index (χ4v) is 1.79. The van der Waals surface area contributed by atoms with E-state index in [-0.39, 0.29) is 6.42 Å². The van der Waals surface area contributed by atoms with Crippen molar-refractivity contribution in [2.75, 3.05) is 6.54 Å². The van der Waals surface area contributed by atoms with Gasteiger partial charge in [-0.15, -0.1) is 0 Å². The van der Waals surface area contributed by atoms with Gasteiger partial charge in [-0.2, -0.15) is 0 Å². The van der Waals surface area contributed by atoms with Crippen molar-refractivity contribution < 1.29 is 24.2 Å². The number of hydrogen-bond acceptors (Lipinski definition) is 4. The number of carbonyl (C=O) groups excluding carboxylic acids is 2. The van der Waals surface area contributed by atoms with E-state index in [2.05, 4.69) is 10.6 Å². The predicted molar refractivity (Wildman–Crippen MR) is 83.9 cm³/mol. The Hall–Kier alpha value is -2.57. The van der Waals surface area contributed by atoms with E-state index in [0.717, 1.165) is 5.56 Å². The van der Waals surface area contributed by atoms with Crippen LogP contribution in [0.4, 0.5) is 4.79 Å². The zero-order valence-electron chi connectivity index (χ0n) is 13.5. The molecule has 0 aliphatic heterocycles. The molecule has 0 spiro atoms. The van der Waals surface area contributed by atoms with Gasteiger partial charge < -0.3 is 20.5 Å². The van der Waals surface area contributed by atoms with Crippen LogP contribution in [0.2, 0.25) is 0 Å². The Morgan fingerprint density at radius 2 is 1.78 bits per heavy atom. The van der Waals surface area contributed by atoms with Crippen molar-refractivity contribution in [1.29, 1.82) is 0 Å². The summed E-state index contributed by atoms with van der Waals surface area (Å²) >= 11 is 0. The summed E-state index contributed by atoms with van der Waals surface area (Å²) in [4.78, 5) is 34.5. The molecule has 7 heteroatoms. The molecule has 0 aliphatic carbocycles. The number of ether oxygens (including phenoxy) is 1. The van der Waals surface area contributed by atoms with Crippen LogP contribution >= 0.6 is 0 Å². The largest absolute Gasteiger partial charge is 0.480 e. The van der Waals surface area contributed by atoms with E-state index in [1.165, 1.54) is 0 Å². The molecule has 3 N–H and O–H groups in total. The van der Waals surface area contributed by atoms with Crippen molar-refractivity contribution in [3.8, 4) is 0 Å². The van der Waals surface area contributed by atoms with E-state index in [9.17, 15) is 14.4 Å². The first-order valence-electron chi connectivity index (χ1n) is 7.20. The van der Waals surface area contributed by atoms with Crippen LogP contribution in [-0.4, -0.2) is 41.3 Å². The highest BCUT2D eigenvalue weighted by atomic mass is 16.6. The SMILES string of the molecule is CC(C)(C)OC(=O)N[C@@H](Cc1ccccc1)C(=O)NCC(=O)O. The molecule has 0 radical (unpaired) electrons. The van der Waals surface area contributed by atoms with E-state index < -0.39 is 36.2 Å². The lowest BCUT2D eigenvalue weighted by atomic mass is 10.1. The first-order valence-corrected chi connectivity index (χ1v) is 7.20. The number of carbonyl (C=O) groups is 3. The molecule has 1 aromatic rings. The standard InChI is InChI=1S/C16H22N2O5/c1-16(2,3)23-15(22)18-12(14(21)17-10-13(19)20)9-11-7-5-4-6-8-11/h4-8,12H,9-10H2,1-3H3,(H,17,21)(H,18,22)(H,19,20)/t12-/m0/s1. The Kier molecular flexibility index (Phi) is 6.56. The van der Waals surface area contributed by atoms with Gasteiger partial charge in [0.05, 0.1) is 0 Å². The molecule has 0 unspecified atom stereocenters. The summed E-state index contributed by atoms with van der Waals surface area (Å²) in [5, 5.41) is 13.4. The van der Waals surface area contributed by atoms with Gasteiger partial charge in [0, 0.05) is 6.42 Å². The van der Waals surface area contributed by atoms with Crippen molar-refractivity contribution in [1.82, 2.24) is 10.6 Å². The average molecular weight is 322 g/mol. The number of amides is 2. The number of carboxylic acid groups (broad SMARTS) is 1. The van der Waals surface area contributed by atoms with Crippen molar-refractivity contribution in [2.24, 2.45) is 0 Å². The van der Waals surface area contributed by atoms with Crippen LogP contribution in [0, 0.1) is 0 Å². The maximum atomic E-state index is 12.1. The lowest BCUT2D eigenvalue weighted by molar-refractivity contribution is -0.138. The van der Waals surface area contributed by atoms with Gasteiger partial charge in [0.25, 0.3) is 0 Å². The van der Waals surface area contributed by atoms with Gasteiger partial charge in [-0.3, -0.25) is 9.59 Å². The minimum atomic E-state index is -1.16. The molecule has 0 heterocycles. The molecular weight excluding hydrogens is 300 g/mol. The first-order chi connectivity index (χ1) is 10.7. The molecule has 0 saturated carbocycles. The second-order valence-corrected chi connectivity index (χ2v) is 6.00. The maximum absolute atomic E-state index is 12.1. The fraction of sp³-hybridized carbons (Fsp3) is 0.438. The molecular formula is C16H22N2O5. The summed E-state index contributed by atoms with van der Waals surface area (Å²) in [6.07, 6.45) is -0.505. The molecule has 7 nitrogen and oxygen atoms in total. The smallest absolute Gasteiger partial charge is 0.408 e. The quantitative estimate of drug-likeness (QED) is 0.733. The van der Waals surface area contributed by atoms with Crippen LogP contribution in [0.15, 0.2) is 30.3 Å². The lowest BCUT2D eigenvalue weighted by Crippen LogP contribution is -2.50. The van der Waals surface area contributed by atoms with E-state index in [4.69, 9.17) is 9.84 Å². The zero-order valence-corrected chi connectivity index (χ0v) is 13.5. The van der Waals surface area contributed by atoms with Gasteiger partial charge in [-0.1, -0.05) is 30.3 Å². The Morgan fingerprint density at radius 1 is 1.17 bits per heavy atom. The van der Waals surface area contributed by atoms with Gasteiger partial charge in [0.1, 0.15) is 18.2 Å². The highest BCUT2D eigenvalue weighted by Crippen LogP contribution is 2.08. The number of carboxylic acids is 1. The molecule has 0 aromatic heterocycles. The van der Waals surface area contributed by atoms with Crippen molar-refractivity contribution in [3.05, 3.63) is 35.9 Å². The third-order valence-electron chi connectivity index (χ3n) is 2.70. The van der Waals surface area contributed by atoms with E-state index in [1.54, 1.807) is 20.8 Å². The number of nitrogens with one attached hydrogen (secondary N) is 2. The van der Waals surface area contributed by atoms with E-state index in [1.807, 2.05) is 30.3 Å². The molecule has 1 aromatic carbocycles. The Morgan fingerprint density at radius 3 is 2.30 bits per heavy atom. The molecule has 0 bridgehead atoms. The van der Waals surface area contributed by atoms with Gasteiger partial charge in [0.2, 0.25) is 5.91 Å². The Balaban J connectivity index is 2.77. The Bertz CT molecular complexity index is 551. The molecule has 1 atom stereocenters. The van der Waals surface area contributed by atoms with E-state index >= 15 is 0 Å². The second kappa shape index (κ2) is 8.17. The van der Waals surface area contributed by atoms with Crippen LogP contribution in [0.3, 0.4) is 0 Å². The maximum Gasteiger partial charge on any atom is 0.408 e. The fourth-order valence-electron chi connectivity index (χ4n) is 1.79.